The van der Waals surface area contributed by atoms with E-state index < -0.39 is 0 Å². The van der Waals surface area contributed by atoms with Crippen LogP contribution in [0, 0.1) is 0 Å². The maximum Gasteiger partial charge on any atom is 0.122 e. The van der Waals surface area contributed by atoms with Gasteiger partial charge in [-0.2, -0.15) is 0 Å². The molecule has 18 heavy (non-hydrogen) atoms. The van der Waals surface area contributed by atoms with Gasteiger partial charge in [-0.25, -0.2) is 0 Å². The Bertz CT molecular complexity index is 378. The van der Waals surface area contributed by atoms with Gasteiger partial charge in [-0.3, -0.25) is 4.90 Å². The summed E-state index contributed by atoms with van der Waals surface area (Å²) >= 11 is 3.51. The molecule has 1 aliphatic heterocycles. The normalized spacial score (nSPS) is 16.8. The number of halogens is 1. The molecule has 0 aliphatic carbocycles. The third kappa shape index (κ3) is 3.97. The van der Waals surface area contributed by atoms with Crippen molar-refractivity contribution in [1.29, 1.82) is 0 Å². The van der Waals surface area contributed by atoms with Crippen LogP contribution in [-0.4, -0.2) is 44.9 Å². The molecule has 1 saturated heterocycles. The van der Waals surface area contributed by atoms with E-state index in [-0.39, 0.29) is 0 Å². The van der Waals surface area contributed by atoms with Gasteiger partial charge in [0.15, 0.2) is 0 Å². The summed E-state index contributed by atoms with van der Waals surface area (Å²) < 4.78 is 11.9. The Morgan fingerprint density at radius 1 is 1.33 bits per heavy atom. The minimum atomic E-state index is 0.875. The second-order valence-electron chi connectivity index (χ2n) is 4.51. The highest BCUT2D eigenvalue weighted by atomic mass is 79.9. The SMILES string of the molecule is COc1ccc(Br)cc1CCCN1CCOCC1. The van der Waals surface area contributed by atoms with Gasteiger partial charge in [-0.1, -0.05) is 15.9 Å². The number of morpholine rings is 1. The van der Waals surface area contributed by atoms with Crippen LogP contribution in [0.25, 0.3) is 0 Å². The lowest BCUT2D eigenvalue weighted by Crippen LogP contribution is -2.36. The highest BCUT2D eigenvalue weighted by Crippen LogP contribution is 2.24. The summed E-state index contributed by atoms with van der Waals surface area (Å²) in [6, 6.07) is 6.19. The maximum absolute atomic E-state index is 5.39. The Hall–Kier alpha value is -0.580. The van der Waals surface area contributed by atoms with E-state index in [2.05, 4.69) is 26.9 Å². The van der Waals surface area contributed by atoms with Gasteiger partial charge in [0.25, 0.3) is 0 Å². The van der Waals surface area contributed by atoms with Gasteiger partial charge < -0.3 is 9.47 Å². The molecule has 3 nitrogen and oxygen atoms in total. The van der Waals surface area contributed by atoms with Crippen molar-refractivity contribution in [1.82, 2.24) is 4.90 Å². The Labute approximate surface area is 117 Å². The van der Waals surface area contributed by atoms with Crippen molar-refractivity contribution >= 4 is 15.9 Å². The number of hydrogen-bond donors (Lipinski definition) is 0. The third-order valence-corrected chi connectivity index (χ3v) is 3.76. The Morgan fingerprint density at radius 3 is 2.83 bits per heavy atom. The predicted octanol–water partition coefficient (Wildman–Crippen LogP) is 2.72. The van der Waals surface area contributed by atoms with Crippen LogP contribution < -0.4 is 4.74 Å². The summed E-state index contributed by atoms with van der Waals surface area (Å²) in [7, 11) is 1.73. The van der Waals surface area contributed by atoms with E-state index in [1.54, 1.807) is 7.11 Å². The topological polar surface area (TPSA) is 21.7 Å². The number of ether oxygens (including phenoxy) is 2. The van der Waals surface area contributed by atoms with Crippen LogP contribution in [0.15, 0.2) is 22.7 Å². The fourth-order valence-electron chi connectivity index (χ4n) is 2.26. The van der Waals surface area contributed by atoms with Gasteiger partial charge in [0.05, 0.1) is 20.3 Å². The molecule has 100 valence electrons. The van der Waals surface area contributed by atoms with E-state index in [1.807, 2.05) is 12.1 Å². The van der Waals surface area contributed by atoms with Gasteiger partial charge >= 0.3 is 0 Å². The van der Waals surface area contributed by atoms with Gasteiger partial charge in [0.1, 0.15) is 5.75 Å². The first-order chi connectivity index (χ1) is 8.79. The predicted molar refractivity (Wildman–Crippen MR) is 76.3 cm³/mol. The average Bonchev–Trinajstić information content (AvgIpc) is 2.40. The molecule has 0 spiro atoms. The fraction of sp³-hybridized carbons (Fsp3) is 0.571. The lowest BCUT2D eigenvalue weighted by molar-refractivity contribution is 0.0374. The first-order valence-corrected chi connectivity index (χ1v) is 7.21. The average molecular weight is 314 g/mol. The molecule has 1 aromatic rings. The van der Waals surface area contributed by atoms with Crippen LogP contribution in [0.1, 0.15) is 12.0 Å². The Balaban J connectivity index is 1.83. The molecule has 1 aliphatic rings. The monoisotopic (exact) mass is 313 g/mol. The zero-order valence-corrected chi connectivity index (χ0v) is 12.4. The van der Waals surface area contributed by atoms with E-state index in [0.717, 1.165) is 55.9 Å². The van der Waals surface area contributed by atoms with Crippen molar-refractivity contribution in [3.05, 3.63) is 28.2 Å². The van der Waals surface area contributed by atoms with Crippen molar-refractivity contribution in [3.63, 3.8) is 0 Å². The van der Waals surface area contributed by atoms with E-state index in [9.17, 15) is 0 Å². The number of nitrogens with zero attached hydrogens (tertiary/aromatic N) is 1. The molecule has 0 unspecified atom stereocenters. The molecule has 0 aromatic heterocycles. The van der Waals surface area contributed by atoms with Gasteiger partial charge in [0, 0.05) is 17.6 Å². The number of benzene rings is 1. The molecular weight excluding hydrogens is 294 g/mol. The molecule has 1 aromatic carbocycles. The largest absolute Gasteiger partial charge is 0.496 e. The van der Waals surface area contributed by atoms with Crippen LogP contribution >= 0.6 is 15.9 Å². The van der Waals surface area contributed by atoms with Crippen molar-refractivity contribution in [3.8, 4) is 5.75 Å². The molecule has 0 N–H and O–H groups in total. The highest BCUT2D eigenvalue weighted by Gasteiger charge is 2.10. The van der Waals surface area contributed by atoms with E-state index in [1.165, 1.54) is 5.56 Å². The Kier molecular flexibility index (Phi) is 5.47. The molecule has 1 fully saturated rings. The summed E-state index contributed by atoms with van der Waals surface area (Å²) in [6.07, 6.45) is 2.22. The number of rotatable bonds is 5. The molecule has 0 atom stereocenters. The summed E-state index contributed by atoms with van der Waals surface area (Å²) in [5.41, 5.74) is 1.28. The number of hydrogen-bond acceptors (Lipinski definition) is 3. The zero-order valence-electron chi connectivity index (χ0n) is 10.8. The highest BCUT2D eigenvalue weighted by molar-refractivity contribution is 9.10. The minimum Gasteiger partial charge on any atom is -0.496 e. The van der Waals surface area contributed by atoms with Gasteiger partial charge in [0.2, 0.25) is 0 Å². The standard InChI is InChI=1S/C14H20BrNO2/c1-17-14-5-4-13(15)11-12(14)3-2-6-16-7-9-18-10-8-16/h4-5,11H,2-3,6-10H2,1H3. The minimum absolute atomic E-state index is 0.875. The molecular formula is C14H20BrNO2. The van der Waals surface area contributed by atoms with E-state index >= 15 is 0 Å². The van der Waals surface area contributed by atoms with Crippen molar-refractivity contribution in [2.24, 2.45) is 0 Å². The third-order valence-electron chi connectivity index (χ3n) is 3.27. The second kappa shape index (κ2) is 7.12. The Morgan fingerprint density at radius 2 is 2.11 bits per heavy atom. The number of aryl methyl sites for hydroxylation is 1. The second-order valence-corrected chi connectivity index (χ2v) is 5.43. The summed E-state index contributed by atoms with van der Waals surface area (Å²) in [4.78, 5) is 2.47. The maximum atomic E-state index is 5.39. The van der Waals surface area contributed by atoms with Crippen LogP contribution in [0.4, 0.5) is 0 Å². The van der Waals surface area contributed by atoms with Crippen LogP contribution in [0.2, 0.25) is 0 Å². The summed E-state index contributed by atoms with van der Waals surface area (Å²) in [5, 5.41) is 0. The summed E-state index contributed by atoms with van der Waals surface area (Å²) in [6.45, 7) is 5.02. The van der Waals surface area contributed by atoms with Crippen molar-refractivity contribution in [2.45, 2.75) is 12.8 Å². The first kappa shape index (κ1) is 13.8. The van der Waals surface area contributed by atoms with Crippen LogP contribution in [0.3, 0.4) is 0 Å². The lowest BCUT2D eigenvalue weighted by Gasteiger charge is -2.26. The van der Waals surface area contributed by atoms with Gasteiger partial charge in [-0.15, -0.1) is 0 Å². The van der Waals surface area contributed by atoms with Crippen molar-refractivity contribution in [2.75, 3.05) is 40.0 Å². The van der Waals surface area contributed by atoms with Gasteiger partial charge in [-0.05, 0) is 43.1 Å². The van der Waals surface area contributed by atoms with Crippen LogP contribution in [-0.2, 0) is 11.2 Å². The quantitative estimate of drug-likeness (QED) is 0.834. The van der Waals surface area contributed by atoms with E-state index in [4.69, 9.17) is 9.47 Å². The first-order valence-electron chi connectivity index (χ1n) is 6.42. The number of methoxy groups -OCH3 is 1. The molecule has 0 amide bonds. The molecule has 0 saturated carbocycles. The summed E-state index contributed by atoms with van der Waals surface area (Å²) in [5.74, 6) is 0.986. The van der Waals surface area contributed by atoms with Crippen LogP contribution in [0.5, 0.6) is 5.75 Å². The lowest BCUT2D eigenvalue weighted by atomic mass is 10.1. The molecule has 1 heterocycles. The molecule has 2 rings (SSSR count). The van der Waals surface area contributed by atoms with E-state index in [0.29, 0.717) is 0 Å². The smallest absolute Gasteiger partial charge is 0.122 e. The molecule has 0 radical (unpaired) electrons. The fourth-order valence-corrected chi connectivity index (χ4v) is 2.67. The van der Waals surface area contributed by atoms with Crippen molar-refractivity contribution < 1.29 is 9.47 Å². The molecule has 4 heteroatoms. The zero-order chi connectivity index (χ0) is 12.8. The molecule has 0 bridgehead atoms.